The molecular weight excluding hydrogens is 1500 g/mol. The summed E-state index contributed by atoms with van der Waals surface area (Å²) >= 11 is 2.95. The SMILES string of the molecule is C=C(CCC1=C(CN2CCN(c3ccc(C(=O)NS(=O)(=O)c4ccc(N[C@H](CCN5CCN(CCCCCCCCOc6cc(-c7scnc7C)ccc6CNC(=O)[C@@H]6C[C@@H](O)CC6C(=O)[C@@H](NC(=O)C6(F)CC6)C(C)(C)C)CC5)CSc5ccccc5)c(S(=O)(=O)C(F)(F)F)c4)cc3)CC2)CCC(C)(C)C1)C(F)F. The Morgan fingerprint density at radius 3 is 2.09 bits per heavy atom. The third-order valence-electron chi connectivity index (χ3n) is 21.9. The van der Waals surface area contributed by atoms with Crippen LogP contribution in [0.1, 0.15) is 159 Å². The summed E-state index contributed by atoms with van der Waals surface area (Å²) < 4.78 is 148. The smallest absolute Gasteiger partial charge is 0.493 e. The highest BCUT2D eigenvalue weighted by molar-refractivity contribution is 7.99. The lowest BCUT2D eigenvalue weighted by Crippen LogP contribution is -2.54. The molecule has 2 aliphatic heterocycles. The predicted octanol–water partition coefficient (Wildman–Crippen LogP) is 14.4. The van der Waals surface area contributed by atoms with Gasteiger partial charge in [-0.05, 0) is 173 Å². The van der Waals surface area contributed by atoms with Gasteiger partial charge in [-0.2, -0.15) is 13.2 Å². The summed E-state index contributed by atoms with van der Waals surface area (Å²) in [6.45, 7) is 23.8. The van der Waals surface area contributed by atoms with Gasteiger partial charge in [0.1, 0.15) is 10.6 Å². The number of aliphatic hydroxyl groups excluding tert-OH is 1. The number of rotatable bonds is 37. The first-order valence-electron chi connectivity index (χ1n) is 38.4. The Labute approximate surface area is 652 Å². The molecule has 602 valence electrons. The van der Waals surface area contributed by atoms with E-state index in [4.69, 9.17) is 4.74 Å². The number of hydrogen-bond donors (Lipinski definition) is 5. The van der Waals surface area contributed by atoms with Gasteiger partial charge in [0.2, 0.25) is 5.91 Å². The number of nitrogens with one attached hydrogen (secondary N) is 4. The highest BCUT2D eigenvalue weighted by Crippen LogP contribution is 2.44. The lowest BCUT2D eigenvalue weighted by atomic mass is 9.73. The van der Waals surface area contributed by atoms with Gasteiger partial charge in [0.05, 0.1) is 51.3 Å². The number of sulfone groups is 1. The van der Waals surface area contributed by atoms with E-state index < -0.39 is 112 Å². The Kier molecular flexibility index (Phi) is 29.1. The molecule has 3 heterocycles. The summed E-state index contributed by atoms with van der Waals surface area (Å²) in [4.78, 5) is 67.8. The molecule has 110 heavy (non-hydrogen) atoms. The molecule has 1 aromatic heterocycles. The summed E-state index contributed by atoms with van der Waals surface area (Å²) in [5.74, 6) is -3.51. The molecular formula is C81H107F6N9O10S4. The van der Waals surface area contributed by atoms with Crippen molar-refractivity contribution >= 4 is 77.8 Å². The second-order valence-corrected chi connectivity index (χ2v) is 37.6. The maximum Gasteiger partial charge on any atom is 0.501 e. The number of allylic oxidation sites excluding steroid dienone is 2. The van der Waals surface area contributed by atoms with Crippen LogP contribution in [-0.2, 0) is 40.8 Å². The van der Waals surface area contributed by atoms with Crippen LogP contribution in [0.15, 0.2) is 134 Å². The van der Waals surface area contributed by atoms with Crippen LogP contribution in [0, 0.1) is 29.6 Å². The lowest BCUT2D eigenvalue weighted by molar-refractivity contribution is -0.138. The molecule has 29 heteroatoms. The third kappa shape index (κ3) is 23.2. The fraction of sp³-hybridized carbons (Fsp3) is 0.568. The maximum atomic E-state index is 14.8. The summed E-state index contributed by atoms with van der Waals surface area (Å²) in [6, 6.07) is 22.2. The zero-order valence-corrected chi connectivity index (χ0v) is 67.1. The highest BCUT2D eigenvalue weighted by atomic mass is 32.2. The van der Waals surface area contributed by atoms with Crippen molar-refractivity contribution in [2.75, 3.05) is 94.6 Å². The van der Waals surface area contributed by atoms with Crippen molar-refractivity contribution in [3.63, 3.8) is 0 Å². The minimum absolute atomic E-state index is 0.0512. The molecule has 5 atom stereocenters. The van der Waals surface area contributed by atoms with Gasteiger partial charge in [0.25, 0.3) is 38.1 Å². The quantitative estimate of drug-likeness (QED) is 0.0107. The van der Waals surface area contributed by atoms with Gasteiger partial charge in [-0.1, -0.05) is 108 Å². The molecule has 0 radical (unpaired) electrons. The number of piperazine rings is 2. The van der Waals surface area contributed by atoms with Crippen molar-refractivity contribution in [3.05, 3.63) is 137 Å². The van der Waals surface area contributed by atoms with Gasteiger partial charge in [0, 0.05) is 111 Å². The van der Waals surface area contributed by atoms with Crippen molar-refractivity contribution in [2.24, 2.45) is 22.7 Å². The minimum Gasteiger partial charge on any atom is -0.493 e. The zero-order valence-electron chi connectivity index (χ0n) is 63.9. The second kappa shape index (κ2) is 37.4. The van der Waals surface area contributed by atoms with E-state index >= 15 is 0 Å². The average Bonchev–Trinajstić information content (AvgIpc) is 1.05. The number of halogens is 6. The maximum absolute atomic E-state index is 14.8. The van der Waals surface area contributed by atoms with Gasteiger partial charge in [0.15, 0.2) is 11.5 Å². The van der Waals surface area contributed by atoms with Crippen molar-refractivity contribution in [2.45, 2.75) is 201 Å². The molecule has 10 rings (SSSR count). The fourth-order valence-electron chi connectivity index (χ4n) is 15.0. The fourth-order valence-corrected chi connectivity index (χ4v) is 18.8. The summed E-state index contributed by atoms with van der Waals surface area (Å²) in [6.07, 6.45) is 6.64. The van der Waals surface area contributed by atoms with Crippen LogP contribution in [0.5, 0.6) is 5.75 Å². The molecule has 2 saturated heterocycles. The van der Waals surface area contributed by atoms with Gasteiger partial charge < -0.3 is 40.5 Å². The number of alkyl halides is 6. The topological polar surface area (TPSA) is 240 Å². The molecule has 3 amide bonds. The molecule has 5 aromatic rings. The van der Waals surface area contributed by atoms with E-state index in [9.17, 15) is 67.5 Å². The summed E-state index contributed by atoms with van der Waals surface area (Å²) in [5, 5.41) is 19.5. The number of Topliss-reactive ketones (excluding diaryl/α,β-unsaturated/α-hetero) is 1. The van der Waals surface area contributed by atoms with Gasteiger partial charge in [-0.15, -0.1) is 23.1 Å². The summed E-state index contributed by atoms with van der Waals surface area (Å²) in [5.41, 5.74) is -1.40. The van der Waals surface area contributed by atoms with E-state index in [1.165, 1.54) is 46.4 Å². The Balaban J connectivity index is 0.676. The first kappa shape index (κ1) is 85.6. The number of benzene rings is 4. The van der Waals surface area contributed by atoms with E-state index in [1.807, 2.05) is 60.2 Å². The zero-order chi connectivity index (χ0) is 79.3. The number of nitrogens with zero attached hydrogens (tertiary/aromatic N) is 5. The molecule has 2 saturated carbocycles. The van der Waals surface area contributed by atoms with Gasteiger partial charge in [-0.3, -0.25) is 24.1 Å². The van der Waals surface area contributed by atoms with Crippen LogP contribution in [-0.4, -0.2) is 185 Å². The molecule has 3 aliphatic carbocycles. The first-order valence-corrected chi connectivity index (χ1v) is 43.2. The number of thiazole rings is 1. The molecule has 0 spiro atoms. The van der Waals surface area contributed by atoms with Crippen LogP contribution >= 0.6 is 23.1 Å². The molecule has 19 nitrogen and oxygen atoms in total. The van der Waals surface area contributed by atoms with E-state index in [0.717, 1.165) is 155 Å². The lowest BCUT2D eigenvalue weighted by Gasteiger charge is -2.39. The average molecular weight is 1610 g/mol. The first-order chi connectivity index (χ1) is 52.1. The van der Waals surface area contributed by atoms with Crippen LogP contribution in [0.4, 0.5) is 37.7 Å². The highest BCUT2D eigenvalue weighted by Gasteiger charge is 2.54. The Hall–Kier alpha value is -6.86. The Morgan fingerprint density at radius 2 is 1.45 bits per heavy atom. The number of aromatic nitrogens is 1. The minimum atomic E-state index is -6.16. The van der Waals surface area contributed by atoms with Crippen molar-refractivity contribution in [3.8, 4) is 16.2 Å². The number of hydrogen-bond acceptors (Lipinski definition) is 18. The van der Waals surface area contributed by atoms with Crippen LogP contribution in [0.3, 0.4) is 0 Å². The van der Waals surface area contributed by atoms with Crippen molar-refractivity contribution in [1.29, 1.82) is 0 Å². The molecule has 4 fully saturated rings. The molecule has 5 N–H and O–H groups in total. The second-order valence-electron chi connectivity index (χ2n) is 32.1. The van der Waals surface area contributed by atoms with Crippen LogP contribution in [0.2, 0.25) is 0 Å². The number of ketones is 1. The number of aryl methyl sites for hydroxylation is 1. The number of amides is 3. The molecule has 0 bridgehead atoms. The number of carbonyl (C=O) groups excluding carboxylic acids is 4. The Morgan fingerprint density at radius 1 is 0.791 bits per heavy atom. The van der Waals surface area contributed by atoms with Crippen LogP contribution in [0.25, 0.3) is 10.4 Å². The van der Waals surface area contributed by atoms with Gasteiger partial charge in [-0.25, -0.2) is 39.7 Å². The number of carbonyl (C=O) groups is 4. The summed E-state index contributed by atoms with van der Waals surface area (Å²) in [7, 11) is -11.1. The standard InChI is InChI=1S/C81H107F6N9O10S4/c1-54(74(82)83)19-20-58-49-79(6,7)31-29-60(58)51-95-40-42-96(43-41-95)62-25-23-56(24-26-62)75(99)92-110(104,105)65-27-28-68(70(48-65)109(102,103)81(85,86)87)90-61(52-107-64-17-13-12-14-18-64)30-35-94-38-36-93(37-39-94)34-15-10-8-9-11-16-44-106-69-45-57(72-55(2)89-53-108-72)21-22-59(69)50-88-76(100)67-47-63(97)46-66(67)71(98)73(78(3,4)5)91-77(101)80(84)32-33-80/h12-14,17-18,21-28,45,48,53,61,63,66-67,73-74,90,97H,1,8-11,15-16,19-20,29-44,46-47,49-52H2,2-7H3,(H,88,100)(H,91,101)(H,92,99)/t61-,63+,66?,67-,73-/m1/s1. The number of unbranched alkanes of at least 4 members (excludes halogenated alkanes) is 5. The van der Waals surface area contributed by atoms with Gasteiger partial charge >= 0.3 is 5.51 Å². The van der Waals surface area contributed by atoms with E-state index in [2.05, 4.69) is 61.0 Å². The van der Waals surface area contributed by atoms with Crippen molar-refractivity contribution in [1.82, 2.24) is 35.0 Å². The monoisotopic (exact) mass is 1610 g/mol. The number of sulfonamides is 1. The largest absolute Gasteiger partial charge is 0.501 e. The molecule has 5 aliphatic rings. The molecule has 4 aromatic carbocycles. The third-order valence-corrected chi connectivity index (χ3v) is 27.0. The van der Waals surface area contributed by atoms with Crippen LogP contribution < -0.4 is 30.3 Å². The number of aliphatic hydroxyl groups is 1. The van der Waals surface area contributed by atoms with E-state index in [0.29, 0.717) is 56.7 Å². The predicted molar refractivity (Wildman–Crippen MR) is 420 cm³/mol. The number of anilines is 2. The molecule has 1 unspecified atom stereocenters. The van der Waals surface area contributed by atoms with E-state index in [1.54, 1.807) is 38.4 Å². The Bertz CT molecular complexity index is 4270. The van der Waals surface area contributed by atoms with E-state index in [-0.39, 0.29) is 55.2 Å². The number of ether oxygens (including phenoxy) is 1. The number of thioether (sulfide) groups is 1. The normalized spacial score (nSPS) is 19.9. The van der Waals surface area contributed by atoms with Crippen molar-refractivity contribution < 1.29 is 72.2 Å².